The van der Waals surface area contributed by atoms with E-state index in [1.54, 1.807) is 10.9 Å². The zero-order valence-corrected chi connectivity index (χ0v) is 15.4. The quantitative estimate of drug-likeness (QED) is 0.796. The van der Waals surface area contributed by atoms with Crippen molar-refractivity contribution < 1.29 is 4.79 Å². The number of nitrogens with one attached hydrogen (secondary N) is 1. The third-order valence-corrected chi connectivity index (χ3v) is 6.24. The third-order valence-electron chi connectivity index (χ3n) is 5.60. The van der Waals surface area contributed by atoms with Crippen LogP contribution in [0.5, 0.6) is 0 Å². The van der Waals surface area contributed by atoms with Crippen molar-refractivity contribution in [2.24, 2.45) is 17.8 Å². The van der Waals surface area contributed by atoms with E-state index in [1.807, 2.05) is 24.3 Å². The molecular formula is C19H21Cl2N3O. The van der Waals surface area contributed by atoms with Gasteiger partial charge in [-0.3, -0.25) is 9.48 Å². The predicted molar refractivity (Wildman–Crippen MR) is 100.0 cm³/mol. The van der Waals surface area contributed by atoms with Gasteiger partial charge in [-0.05, 0) is 48.6 Å². The number of hydrogen-bond donors (Lipinski definition) is 1. The van der Waals surface area contributed by atoms with Crippen molar-refractivity contribution in [3.05, 3.63) is 46.1 Å². The lowest BCUT2D eigenvalue weighted by Gasteiger charge is -2.20. The maximum Gasteiger partial charge on any atom is 0.225 e. The summed E-state index contributed by atoms with van der Waals surface area (Å²) in [5.41, 5.74) is 0.961. The van der Waals surface area contributed by atoms with Gasteiger partial charge in [-0.15, -0.1) is 0 Å². The molecule has 1 N–H and O–H groups in total. The molecule has 1 aromatic carbocycles. The molecule has 0 saturated heterocycles. The third kappa shape index (κ3) is 3.70. The Labute approximate surface area is 157 Å². The first-order valence-corrected chi connectivity index (χ1v) is 9.60. The van der Waals surface area contributed by atoms with Crippen molar-refractivity contribution in [2.45, 2.75) is 38.6 Å². The molecule has 4 nitrogen and oxygen atoms in total. The fourth-order valence-electron chi connectivity index (χ4n) is 4.41. The van der Waals surface area contributed by atoms with Crippen LogP contribution in [0.15, 0.2) is 30.5 Å². The predicted octanol–water partition coefficient (Wildman–Crippen LogP) is 5.00. The lowest BCUT2D eigenvalue weighted by molar-refractivity contribution is -0.117. The molecule has 2 aliphatic rings. The highest BCUT2D eigenvalue weighted by molar-refractivity contribution is 6.33. The minimum Gasteiger partial charge on any atom is -0.308 e. The van der Waals surface area contributed by atoms with Gasteiger partial charge in [-0.25, -0.2) is 0 Å². The topological polar surface area (TPSA) is 46.9 Å². The number of rotatable bonds is 5. The summed E-state index contributed by atoms with van der Waals surface area (Å²) in [6.45, 7) is 0.516. The van der Waals surface area contributed by atoms with Crippen molar-refractivity contribution in [3.63, 3.8) is 0 Å². The van der Waals surface area contributed by atoms with Gasteiger partial charge in [-0.2, -0.15) is 5.10 Å². The van der Waals surface area contributed by atoms with Crippen LogP contribution in [-0.4, -0.2) is 15.7 Å². The molecule has 132 valence electrons. The molecule has 2 fully saturated rings. The lowest BCUT2D eigenvalue weighted by atomic mass is 9.86. The average molecular weight is 378 g/mol. The van der Waals surface area contributed by atoms with Crippen molar-refractivity contribution in [1.29, 1.82) is 0 Å². The van der Waals surface area contributed by atoms with Crippen molar-refractivity contribution >= 4 is 34.9 Å². The molecule has 2 aliphatic carbocycles. The lowest BCUT2D eigenvalue weighted by Crippen LogP contribution is -2.20. The molecule has 2 saturated carbocycles. The first kappa shape index (κ1) is 16.9. The maximum absolute atomic E-state index is 12.4. The molecule has 6 heteroatoms. The Bertz CT molecular complexity index is 789. The second-order valence-corrected chi connectivity index (χ2v) is 8.12. The summed E-state index contributed by atoms with van der Waals surface area (Å²) < 4.78 is 1.71. The highest BCUT2D eigenvalue weighted by Gasteiger charge is 2.40. The second kappa shape index (κ2) is 7.00. The summed E-state index contributed by atoms with van der Waals surface area (Å²) in [5.74, 6) is 2.57. The van der Waals surface area contributed by atoms with Crippen LogP contribution < -0.4 is 5.32 Å². The number of benzene rings is 1. The Hall–Kier alpha value is -1.52. The van der Waals surface area contributed by atoms with Crippen LogP contribution in [0.2, 0.25) is 10.0 Å². The Morgan fingerprint density at radius 2 is 2.04 bits per heavy atom. The van der Waals surface area contributed by atoms with Gasteiger partial charge in [0.2, 0.25) is 5.91 Å². The fourth-order valence-corrected chi connectivity index (χ4v) is 4.80. The van der Waals surface area contributed by atoms with E-state index < -0.39 is 0 Å². The van der Waals surface area contributed by atoms with Gasteiger partial charge in [0.1, 0.15) is 5.02 Å². The number of aromatic nitrogens is 2. The zero-order valence-electron chi connectivity index (χ0n) is 13.9. The molecule has 3 atom stereocenters. The van der Waals surface area contributed by atoms with Crippen LogP contribution in [0.3, 0.4) is 0 Å². The molecule has 2 aromatic rings. The second-order valence-electron chi connectivity index (χ2n) is 7.30. The summed E-state index contributed by atoms with van der Waals surface area (Å²) >= 11 is 12.4. The highest BCUT2D eigenvalue weighted by atomic mass is 35.5. The van der Waals surface area contributed by atoms with Gasteiger partial charge < -0.3 is 5.32 Å². The summed E-state index contributed by atoms with van der Waals surface area (Å²) in [4.78, 5) is 12.4. The van der Waals surface area contributed by atoms with Crippen LogP contribution in [-0.2, 0) is 11.3 Å². The van der Waals surface area contributed by atoms with E-state index in [1.165, 1.54) is 25.7 Å². The Kier molecular flexibility index (Phi) is 4.74. The number of halogens is 2. The Morgan fingerprint density at radius 1 is 1.20 bits per heavy atom. The number of anilines is 1. The molecular weight excluding hydrogens is 357 g/mol. The van der Waals surface area contributed by atoms with Crippen molar-refractivity contribution in [1.82, 2.24) is 9.78 Å². The Balaban J connectivity index is 1.38. The van der Waals surface area contributed by atoms with E-state index in [0.717, 1.165) is 17.4 Å². The fraction of sp³-hybridized carbons (Fsp3) is 0.474. The van der Waals surface area contributed by atoms with Crippen molar-refractivity contribution in [2.75, 3.05) is 5.32 Å². The molecule has 1 amide bonds. The number of carbonyl (C=O) groups excluding carboxylic acids is 1. The standard InChI is InChI=1S/C19H21Cl2N3O/c20-16-4-2-1-3-14(16)10-24-11-17(21)19(23-24)22-18(25)9-15-8-12-5-6-13(15)7-12/h1-4,11-13,15H,5-10H2,(H,22,23,25). The van der Waals surface area contributed by atoms with Crippen LogP contribution in [0.25, 0.3) is 0 Å². The molecule has 0 aliphatic heterocycles. The van der Waals surface area contributed by atoms with E-state index >= 15 is 0 Å². The van der Waals surface area contributed by atoms with Crippen LogP contribution in [0, 0.1) is 17.8 Å². The zero-order chi connectivity index (χ0) is 17.4. The van der Waals surface area contributed by atoms with E-state index in [0.29, 0.717) is 34.7 Å². The molecule has 4 rings (SSSR count). The van der Waals surface area contributed by atoms with Gasteiger partial charge in [0.25, 0.3) is 0 Å². The normalized spacial score (nSPS) is 24.6. The van der Waals surface area contributed by atoms with Gasteiger partial charge in [-0.1, -0.05) is 47.8 Å². The van der Waals surface area contributed by atoms with Gasteiger partial charge in [0.15, 0.2) is 5.82 Å². The SMILES string of the molecule is O=C(CC1CC2CCC1C2)Nc1nn(Cc2ccccc2Cl)cc1Cl. The molecule has 0 spiro atoms. The maximum atomic E-state index is 12.4. The molecule has 1 heterocycles. The average Bonchev–Trinajstić information content (AvgIpc) is 3.26. The highest BCUT2D eigenvalue weighted by Crippen LogP contribution is 2.49. The Morgan fingerprint density at radius 3 is 2.76 bits per heavy atom. The first-order valence-electron chi connectivity index (χ1n) is 8.84. The summed E-state index contributed by atoms with van der Waals surface area (Å²) in [7, 11) is 0. The minimum atomic E-state index is 0.0162. The minimum absolute atomic E-state index is 0.0162. The first-order chi connectivity index (χ1) is 12.1. The number of nitrogens with zero attached hydrogens (tertiary/aromatic N) is 2. The van der Waals surface area contributed by atoms with Crippen LogP contribution in [0.4, 0.5) is 5.82 Å². The smallest absolute Gasteiger partial charge is 0.225 e. The van der Waals surface area contributed by atoms with E-state index in [4.69, 9.17) is 23.2 Å². The van der Waals surface area contributed by atoms with Gasteiger partial charge in [0, 0.05) is 17.6 Å². The van der Waals surface area contributed by atoms with Gasteiger partial charge in [0.05, 0.1) is 6.54 Å². The largest absolute Gasteiger partial charge is 0.308 e. The molecule has 2 bridgehead atoms. The number of fused-ring (bicyclic) bond motifs is 2. The number of hydrogen-bond acceptors (Lipinski definition) is 2. The summed E-state index contributed by atoms with van der Waals surface area (Å²) in [6.07, 6.45) is 7.45. The van der Waals surface area contributed by atoms with E-state index in [-0.39, 0.29) is 5.91 Å². The van der Waals surface area contributed by atoms with Gasteiger partial charge >= 0.3 is 0 Å². The summed E-state index contributed by atoms with van der Waals surface area (Å²) in [6, 6.07) is 7.62. The van der Waals surface area contributed by atoms with E-state index in [9.17, 15) is 4.79 Å². The molecule has 0 radical (unpaired) electrons. The van der Waals surface area contributed by atoms with Crippen molar-refractivity contribution in [3.8, 4) is 0 Å². The van der Waals surface area contributed by atoms with Crippen LogP contribution >= 0.6 is 23.2 Å². The summed E-state index contributed by atoms with van der Waals surface area (Å²) in [5, 5.41) is 8.43. The number of carbonyl (C=O) groups is 1. The monoisotopic (exact) mass is 377 g/mol. The molecule has 25 heavy (non-hydrogen) atoms. The van der Waals surface area contributed by atoms with E-state index in [2.05, 4.69) is 10.4 Å². The number of amides is 1. The van der Waals surface area contributed by atoms with Crippen LogP contribution in [0.1, 0.15) is 37.7 Å². The molecule has 1 aromatic heterocycles. The molecule has 3 unspecified atom stereocenters.